The van der Waals surface area contributed by atoms with E-state index in [2.05, 4.69) is 20.6 Å². The van der Waals surface area contributed by atoms with Gasteiger partial charge in [-0.3, -0.25) is 4.79 Å². The monoisotopic (exact) mass is 330 g/mol. The van der Waals surface area contributed by atoms with Crippen LogP contribution < -0.4 is 10.6 Å². The van der Waals surface area contributed by atoms with Crippen LogP contribution in [0, 0.1) is 5.82 Å². The van der Waals surface area contributed by atoms with Gasteiger partial charge in [-0.25, -0.2) is 14.4 Å². The second-order valence-electron chi connectivity index (χ2n) is 5.62. The third kappa shape index (κ3) is 4.48. The normalized spacial score (nSPS) is 16.8. The summed E-state index contributed by atoms with van der Waals surface area (Å²) in [6.45, 7) is 1.74. The van der Waals surface area contributed by atoms with Crippen molar-refractivity contribution in [2.45, 2.75) is 25.5 Å². The number of carbonyl (C=O) groups excluding carboxylic acids is 1. The van der Waals surface area contributed by atoms with Crippen molar-refractivity contribution in [3.8, 4) is 0 Å². The molecule has 0 bridgehead atoms. The lowest BCUT2D eigenvalue weighted by Gasteiger charge is -2.10. The molecule has 0 saturated carbocycles. The summed E-state index contributed by atoms with van der Waals surface area (Å²) in [7, 11) is 0. The third-order valence-electron chi connectivity index (χ3n) is 3.79. The van der Waals surface area contributed by atoms with Gasteiger partial charge in [0.15, 0.2) is 0 Å². The van der Waals surface area contributed by atoms with Crippen molar-refractivity contribution < 1.29 is 13.9 Å². The van der Waals surface area contributed by atoms with E-state index in [-0.39, 0.29) is 17.8 Å². The lowest BCUT2D eigenvalue weighted by Crippen LogP contribution is -2.31. The van der Waals surface area contributed by atoms with Gasteiger partial charge in [-0.15, -0.1) is 0 Å². The highest BCUT2D eigenvalue weighted by Gasteiger charge is 2.16. The van der Waals surface area contributed by atoms with Crippen molar-refractivity contribution in [3.63, 3.8) is 0 Å². The largest absolute Gasteiger partial charge is 0.376 e. The quantitative estimate of drug-likeness (QED) is 0.849. The molecule has 1 aromatic heterocycles. The second-order valence-corrected chi connectivity index (χ2v) is 5.62. The van der Waals surface area contributed by atoms with E-state index < -0.39 is 0 Å². The Balaban J connectivity index is 1.48. The minimum Gasteiger partial charge on any atom is -0.376 e. The molecule has 6 nitrogen and oxygen atoms in total. The van der Waals surface area contributed by atoms with Crippen LogP contribution in [-0.2, 0) is 11.3 Å². The number of ether oxygens (including phenoxy) is 1. The van der Waals surface area contributed by atoms with E-state index in [4.69, 9.17) is 4.74 Å². The van der Waals surface area contributed by atoms with Crippen LogP contribution in [0.4, 0.5) is 10.3 Å². The van der Waals surface area contributed by atoms with Crippen LogP contribution in [0.25, 0.3) is 0 Å². The molecule has 0 radical (unpaired) electrons. The second kappa shape index (κ2) is 7.83. The van der Waals surface area contributed by atoms with Crippen molar-refractivity contribution in [1.29, 1.82) is 0 Å². The molecule has 0 spiro atoms. The van der Waals surface area contributed by atoms with Crippen LogP contribution in [0.2, 0.25) is 0 Å². The molecule has 1 atom stereocenters. The molecule has 1 amide bonds. The Morgan fingerprint density at radius 2 is 2.00 bits per heavy atom. The van der Waals surface area contributed by atoms with Crippen LogP contribution in [-0.4, -0.2) is 35.1 Å². The summed E-state index contributed by atoms with van der Waals surface area (Å²) in [6.07, 6.45) is 5.07. The number of nitrogens with one attached hydrogen (secondary N) is 2. The first kappa shape index (κ1) is 16.3. The summed E-state index contributed by atoms with van der Waals surface area (Å²) < 4.78 is 18.3. The minimum atomic E-state index is -0.270. The van der Waals surface area contributed by atoms with Gasteiger partial charge in [-0.2, -0.15) is 0 Å². The van der Waals surface area contributed by atoms with Crippen LogP contribution in [0.3, 0.4) is 0 Å². The number of hydrogen-bond donors (Lipinski definition) is 2. The zero-order valence-electron chi connectivity index (χ0n) is 13.2. The van der Waals surface area contributed by atoms with E-state index in [0.717, 1.165) is 25.0 Å². The van der Waals surface area contributed by atoms with Crippen molar-refractivity contribution in [1.82, 2.24) is 15.3 Å². The Bertz CT molecular complexity index is 670. The zero-order valence-corrected chi connectivity index (χ0v) is 13.2. The summed E-state index contributed by atoms with van der Waals surface area (Å²) in [5.74, 6) is -0.0704. The molecular formula is C17H19FN4O2. The van der Waals surface area contributed by atoms with Crippen molar-refractivity contribution >= 4 is 11.9 Å². The maximum Gasteiger partial charge on any atom is 0.254 e. The molecule has 0 aliphatic carbocycles. The molecule has 2 heterocycles. The molecule has 24 heavy (non-hydrogen) atoms. The minimum absolute atomic E-state index is 0.103. The molecule has 7 heteroatoms. The van der Waals surface area contributed by atoms with E-state index in [9.17, 15) is 9.18 Å². The number of anilines is 1. The number of benzene rings is 1. The molecular weight excluding hydrogens is 311 g/mol. The Kier molecular flexibility index (Phi) is 5.32. The maximum absolute atomic E-state index is 12.8. The molecule has 1 aliphatic heterocycles. The Morgan fingerprint density at radius 3 is 2.67 bits per heavy atom. The van der Waals surface area contributed by atoms with Crippen LogP contribution >= 0.6 is 0 Å². The number of nitrogens with zero attached hydrogens (tertiary/aromatic N) is 2. The molecule has 1 fully saturated rings. The Hall–Kier alpha value is -2.54. The number of halogens is 1. The Morgan fingerprint density at radius 1 is 1.25 bits per heavy atom. The molecule has 2 N–H and O–H groups in total. The fourth-order valence-corrected chi connectivity index (χ4v) is 2.43. The zero-order chi connectivity index (χ0) is 16.8. The summed E-state index contributed by atoms with van der Waals surface area (Å²) in [6, 6.07) is 6.18. The van der Waals surface area contributed by atoms with E-state index in [1.807, 2.05) is 0 Å². The highest BCUT2D eigenvalue weighted by molar-refractivity contribution is 5.93. The standard InChI is InChI=1S/C17H19FN4O2/c18-14-5-3-12(4-6-14)8-20-17-21-9-13(10-22-17)16(23)19-11-15-2-1-7-24-15/h3-6,9-10,15H,1-2,7-8,11H2,(H,19,23)(H,20,21,22). The third-order valence-corrected chi connectivity index (χ3v) is 3.79. The topological polar surface area (TPSA) is 76.1 Å². The van der Waals surface area contributed by atoms with Crippen molar-refractivity contribution in [2.24, 2.45) is 0 Å². The van der Waals surface area contributed by atoms with Gasteiger partial charge in [0.25, 0.3) is 5.91 Å². The molecule has 2 aromatic rings. The molecule has 1 aromatic carbocycles. The molecule has 1 unspecified atom stereocenters. The highest BCUT2D eigenvalue weighted by Crippen LogP contribution is 2.11. The predicted molar refractivity (Wildman–Crippen MR) is 87.1 cm³/mol. The number of carbonyl (C=O) groups is 1. The summed E-state index contributed by atoms with van der Waals surface area (Å²) in [5, 5.41) is 5.85. The van der Waals surface area contributed by atoms with Gasteiger partial charge < -0.3 is 15.4 Å². The smallest absolute Gasteiger partial charge is 0.254 e. The molecule has 1 aliphatic rings. The summed E-state index contributed by atoms with van der Waals surface area (Å²) in [4.78, 5) is 20.3. The SMILES string of the molecule is O=C(NCC1CCCO1)c1cnc(NCc2ccc(F)cc2)nc1. The highest BCUT2D eigenvalue weighted by atomic mass is 19.1. The van der Waals surface area contributed by atoms with Gasteiger partial charge in [0.2, 0.25) is 5.95 Å². The number of aromatic nitrogens is 2. The van der Waals surface area contributed by atoms with Crippen molar-refractivity contribution in [2.75, 3.05) is 18.5 Å². The molecule has 126 valence electrons. The van der Waals surface area contributed by atoms with Gasteiger partial charge in [0, 0.05) is 32.1 Å². The van der Waals surface area contributed by atoms with Gasteiger partial charge in [0.05, 0.1) is 11.7 Å². The Labute approximate surface area is 139 Å². The van der Waals surface area contributed by atoms with E-state index in [1.165, 1.54) is 24.5 Å². The average molecular weight is 330 g/mol. The van der Waals surface area contributed by atoms with Gasteiger partial charge in [0.1, 0.15) is 5.82 Å². The first-order chi connectivity index (χ1) is 11.7. The first-order valence-electron chi connectivity index (χ1n) is 7.91. The van der Waals surface area contributed by atoms with Gasteiger partial charge >= 0.3 is 0 Å². The fourth-order valence-electron chi connectivity index (χ4n) is 2.43. The summed E-state index contributed by atoms with van der Waals surface area (Å²) in [5.41, 5.74) is 1.32. The van der Waals surface area contributed by atoms with E-state index >= 15 is 0 Å². The predicted octanol–water partition coefficient (Wildman–Crippen LogP) is 2.14. The summed E-state index contributed by atoms with van der Waals surface area (Å²) >= 11 is 0. The number of hydrogen-bond acceptors (Lipinski definition) is 5. The van der Waals surface area contributed by atoms with Gasteiger partial charge in [-0.1, -0.05) is 12.1 Å². The fraction of sp³-hybridized carbons (Fsp3) is 0.353. The number of amides is 1. The van der Waals surface area contributed by atoms with Crippen LogP contribution in [0.5, 0.6) is 0 Å². The molecule has 1 saturated heterocycles. The van der Waals surface area contributed by atoms with Crippen LogP contribution in [0.1, 0.15) is 28.8 Å². The first-order valence-corrected chi connectivity index (χ1v) is 7.91. The maximum atomic E-state index is 12.8. The lowest BCUT2D eigenvalue weighted by atomic mass is 10.2. The number of rotatable bonds is 6. The van der Waals surface area contributed by atoms with Crippen molar-refractivity contribution in [3.05, 3.63) is 53.6 Å². The van der Waals surface area contributed by atoms with Crippen LogP contribution in [0.15, 0.2) is 36.7 Å². The van der Waals surface area contributed by atoms with E-state index in [0.29, 0.717) is 24.6 Å². The average Bonchev–Trinajstić information content (AvgIpc) is 3.13. The van der Waals surface area contributed by atoms with Gasteiger partial charge in [-0.05, 0) is 30.5 Å². The lowest BCUT2D eigenvalue weighted by molar-refractivity contribution is 0.0857. The van der Waals surface area contributed by atoms with E-state index in [1.54, 1.807) is 12.1 Å². The molecule has 3 rings (SSSR count).